The van der Waals surface area contributed by atoms with Crippen LogP contribution in [0.4, 0.5) is 5.69 Å². The van der Waals surface area contributed by atoms with Crippen molar-refractivity contribution in [1.29, 1.82) is 0 Å². The first-order valence-electron chi connectivity index (χ1n) is 8.99. The number of hydrogen-bond donors (Lipinski definition) is 1. The minimum absolute atomic E-state index is 0.832. The van der Waals surface area contributed by atoms with Gasteiger partial charge in [0, 0.05) is 18.8 Å². The Hall–Kier alpha value is -1.22. The van der Waals surface area contributed by atoms with E-state index in [-0.39, 0.29) is 0 Å². The van der Waals surface area contributed by atoms with Gasteiger partial charge in [-0.25, -0.2) is 0 Å². The van der Waals surface area contributed by atoms with Crippen molar-refractivity contribution >= 4 is 5.69 Å². The van der Waals surface area contributed by atoms with Crippen LogP contribution in [0.15, 0.2) is 24.3 Å². The molecule has 0 spiro atoms. The van der Waals surface area contributed by atoms with Crippen LogP contribution in [0.2, 0.25) is 0 Å². The summed E-state index contributed by atoms with van der Waals surface area (Å²) < 4.78 is 5.78. The van der Waals surface area contributed by atoms with Crippen LogP contribution in [0.25, 0.3) is 0 Å². The van der Waals surface area contributed by atoms with Crippen LogP contribution < -0.4 is 10.1 Å². The van der Waals surface area contributed by atoms with E-state index in [9.17, 15) is 0 Å². The second-order valence-corrected chi connectivity index (χ2v) is 5.74. The van der Waals surface area contributed by atoms with Gasteiger partial charge in [-0.1, -0.05) is 46.5 Å². The number of benzene rings is 1. The first kappa shape index (κ1) is 18.8. The summed E-state index contributed by atoms with van der Waals surface area (Å²) in [5, 5.41) is 3.46. The lowest BCUT2D eigenvalue weighted by Gasteiger charge is -2.18. The van der Waals surface area contributed by atoms with Crippen LogP contribution in [-0.4, -0.2) is 37.7 Å². The maximum atomic E-state index is 5.78. The molecule has 0 aromatic heterocycles. The normalized spacial score (nSPS) is 10.9. The van der Waals surface area contributed by atoms with E-state index >= 15 is 0 Å². The molecule has 0 saturated carbocycles. The van der Waals surface area contributed by atoms with Crippen molar-refractivity contribution in [1.82, 2.24) is 4.90 Å². The molecule has 1 aromatic rings. The van der Waals surface area contributed by atoms with E-state index in [1.807, 2.05) is 0 Å². The molecule has 3 nitrogen and oxygen atoms in total. The zero-order chi connectivity index (χ0) is 16.0. The van der Waals surface area contributed by atoms with Crippen molar-refractivity contribution in [2.75, 3.05) is 38.1 Å². The van der Waals surface area contributed by atoms with E-state index in [0.29, 0.717) is 0 Å². The predicted molar refractivity (Wildman–Crippen MR) is 97.0 cm³/mol. The van der Waals surface area contributed by atoms with Crippen molar-refractivity contribution in [3.05, 3.63) is 24.3 Å². The largest absolute Gasteiger partial charge is 0.494 e. The molecule has 0 fully saturated rings. The third-order valence-corrected chi connectivity index (χ3v) is 4.02. The first-order valence-corrected chi connectivity index (χ1v) is 8.99. The van der Waals surface area contributed by atoms with Crippen molar-refractivity contribution in [2.45, 2.75) is 52.9 Å². The van der Waals surface area contributed by atoms with Gasteiger partial charge >= 0.3 is 0 Å². The third-order valence-electron chi connectivity index (χ3n) is 4.02. The molecule has 0 radical (unpaired) electrons. The molecule has 0 amide bonds. The van der Waals surface area contributed by atoms with Gasteiger partial charge in [-0.05, 0) is 43.8 Å². The highest BCUT2D eigenvalue weighted by molar-refractivity contribution is 5.46. The lowest BCUT2D eigenvalue weighted by atomic mass is 10.2. The van der Waals surface area contributed by atoms with Crippen molar-refractivity contribution in [3.63, 3.8) is 0 Å². The van der Waals surface area contributed by atoms with Crippen LogP contribution in [0.5, 0.6) is 5.75 Å². The summed E-state index contributed by atoms with van der Waals surface area (Å²) in [4.78, 5) is 2.42. The Morgan fingerprint density at radius 1 is 0.909 bits per heavy atom. The highest BCUT2D eigenvalue weighted by atomic mass is 16.5. The predicted octanol–water partition coefficient (Wildman–Crippen LogP) is 4.79. The number of nitrogens with one attached hydrogen (secondary N) is 1. The molecule has 126 valence electrons. The molecule has 1 rings (SSSR count). The molecule has 0 unspecified atom stereocenters. The van der Waals surface area contributed by atoms with E-state index < -0.39 is 0 Å². The molecule has 0 bridgehead atoms. The summed E-state index contributed by atoms with van der Waals surface area (Å²) in [7, 11) is 0. The van der Waals surface area contributed by atoms with Crippen LogP contribution in [-0.2, 0) is 0 Å². The minimum atomic E-state index is 0.832. The van der Waals surface area contributed by atoms with E-state index in [4.69, 9.17) is 4.74 Å². The summed E-state index contributed by atoms with van der Waals surface area (Å²) in [5.74, 6) is 0.977. The van der Waals surface area contributed by atoms with Crippen molar-refractivity contribution in [3.8, 4) is 5.75 Å². The molecule has 0 aliphatic rings. The van der Waals surface area contributed by atoms with Crippen molar-refractivity contribution in [2.24, 2.45) is 0 Å². The van der Waals surface area contributed by atoms with E-state index in [0.717, 1.165) is 45.0 Å². The number of ether oxygens (including phenoxy) is 1. The summed E-state index contributed by atoms with van der Waals surface area (Å²) in [5.41, 5.74) is 1.17. The molecule has 1 aromatic carbocycles. The summed E-state index contributed by atoms with van der Waals surface area (Å²) in [6.07, 6.45) is 6.40. The zero-order valence-electron chi connectivity index (χ0n) is 14.7. The second kappa shape index (κ2) is 12.3. The topological polar surface area (TPSA) is 24.5 Å². The monoisotopic (exact) mass is 306 g/mol. The van der Waals surface area contributed by atoms with Gasteiger partial charge in [0.2, 0.25) is 0 Å². The van der Waals surface area contributed by atoms with Gasteiger partial charge in [0.25, 0.3) is 0 Å². The van der Waals surface area contributed by atoms with Crippen LogP contribution in [0.3, 0.4) is 0 Å². The molecule has 0 atom stereocenters. The van der Waals surface area contributed by atoms with Gasteiger partial charge in [0.05, 0.1) is 6.61 Å². The van der Waals surface area contributed by atoms with Gasteiger partial charge in [-0.3, -0.25) is 0 Å². The number of anilines is 1. The van der Waals surface area contributed by atoms with Crippen LogP contribution in [0.1, 0.15) is 52.9 Å². The van der Waals surface area contributed by atoms with E-state index in [1.54, 1.807) is 0 Å². The maximum absolute atomic E-state index is 5.78. The fourth-order valence-electron chi connectivity index (χ4n) is 2.46. The second-order valence-electron chi connectivity index (χ2n) is 5.74. The smallest absolute Gasteiger partial charge is 0.119 e. The molecule has 0 aliphatic carbocycles. The minimum Gasteiger partial charge on any atom is -0.494 e. The highest BCUT2D eigenvalue weighted by Crippen LogP contribution is 2.16. The van der Waals surface area contributed by atoms with Crippen LogP contribution in [0, 0.1) is 0 Å². The van der Waals surface area contributed by atoms with Gasteiger partial charge in [-0.2, -0.15) is 0 Å². The summed E-state index contributed by atoms with van der Waals surface area (Å²) in [6, 6.07) is 8.33. The Labute approximate surface area is 137 Å². The SMILES string of the molecule is CCCCCCCOc1ccc(NCCN(CC)CC)cc1. The third kappa shape index (κ3) is 8.28. The quantitative estimate of drug-likeness (QED) is 0.530. The standard InChI is InChI=1S/C19H34N2O/c1-4-7-8-9-10-17-22-19-13-11-18(12-14-19)20-15-16-21(5-2)6-3/h11-14,20H,4-10,15-17H2,1-3H3. The van der Waals surface area contributed by atoms with Gasteiger partial charge in [0.15, 0.2) is 0 Å². The molecule has 1 N–H and O–H groups in total. The van der Waals surface area contributed by atoms with Gasteiger partial charge in [0.1, 0.15) is 5.75 Å². The number of hydrogen-bond acceptors (Lipinski definition) is 3. The molecule has 0 aliphatic heterocycles. The van der Waals surface area contributed by atoms with E-state index in [2.05, 4.69) is 55.3 Å². The fraction of sp³-hybridized carbons (Fsp3) is 0.684. The molecule has 0 saturated heterocycles. The average Bonchev–Trinajstić information content (AvgIpc) is 2.56. The Kier molecular flexibility index (Phi) is 10.6. The van der Waals surface area contributed by atoms with E-state index in [1.165, 1.54) is 31.4 Å². The first-order chi connectivity index (χ1) is 10.8. The maximum Gasteiger partial charge on any atom is 0.119 e. The number of nitrogens with zero attached hydrogens (tertiary/aromatic N) is 1. The molecule has 22 heavy (non-hydrogen) atoms. The fourth-order valence-corrected chi connectivity index (χ4v) is 2.46. The summed E-state index contributed by atoms with van der Waals surface area (Å²) in [6.45, 7) is 11.8. The number of likely N-dealkylation sites (N-methyl/N-ethyl adjacent to an activating group) is 1. The molecule has 3 heteroatoms. The van der Waals surface area contributed by atoms with Crippen LogP contribution >= 0.6 is 0 Å². The molecule has 0 heterocycles. The Bertz CT molecular complexity index is 360. The number of rotatable bonds is 13. The Morgan fingerprint density at radius 2 is 1.59 bits per heavy atom. The highest BCUT2D eigenvalue weighted by Gasteiger charge is 1.99. The average molecular weight is 306 g/mol. The molecular formula is C19H34N2O. The number of unbranched alkanes of at least 4 members (excludes halogenated alkanes) is 4. The molecular weight excluding hydrogens is 272 g/mol. The van der Waals surface area contributed by atoms with Crippen molar-refractivity contribution < 1.29 is 4.74 Å². The lowest BCUT2D eigenvalue weighted by Crippen LogP contribution is -2.28. The lowest BCUT2D eigenvalue weighted by molar-refractivity contribution is 0.304. The zero-order valence-corrected chi connectivity index (χ0v) is 14.7. The van der Waals surface area contributed by atoms with Gasteiger partial charge < -0.3 is 15.0 Å². The van der Waals surface area contributed by atoms with Gasteiger partial charge in [-0.15, -0.1) is 0 Å². The Morgan fingerprint density at radius 3 is 2.23 bits per heavy atom. The Balaban J connectivity index is 2.17. The summed E-state index contributed by atoms with van der Waals surface area (Å²) >= 11 is 0.